The van der Waals surface area contributed by atoms with Crippen molar-refractivity contribution in [2.45, 2.75) is 33.7 Å². The van der Waals surface area contributed by atoms with Crippen molar-refractivity contribution in [3.05, 3.63) is 16.4 Å². The van der Waals surface area contributed by atoms with E-state index in [-0.39, 0.29) is 17.6 Å². The lowest BCUT2D eigenvalue weighted by Crippen LogP contribution is -2.30. The van der Waals surface area contributed by atoms with E-state index in [4.69, 9.17) is 5.73 Å². The third-order valence-corrected chi connectivity index (χ3v) is 3.44. The Morgan fingerprint density at radius 2 is 2.24 bits per heavy atom. The van der Waals surface area contributed by atoms with Crippen molar-refractivity contribution in [3.63, 3.8) is 0 Å². The maximum absolute atomic E-state index is 12.4. The molecule has 1 aromatic rings. The number of rotatable bonds is 6. The first kappa shape index (κ1) is 14.4. The number of hydrogen-bond donors (Lipinski definition) is 1. The van der Waals surface area contributed by atoms with Crippen LogP contribution in [0.25, 0.3) is 0 Å². The van der Waals surface area contributed by atoms with Gasteiger partial charge in [0.15, 0.2) is 5.78 Å². The maximum Gasteiger partial charge on any atom is 0.186 e. The van der Waals surface area contributed by atoms with Crippen LogP contribution in [-0.4, -0.2) is 22.1 Å². The van der Waals surface area contributed by atoms with Gasteiger partial charge >= 0.3 is 0 Å². The first-order valence-corrected chi connectivity index (χ1v) is 6.77. The largest absolute Gasteiger partial charge is 0.330 e. The Hall–Kier alpha value is -0.680. The second-order valence-electron chi connectivity index (χ2n) is 4.51. The fourth-order valence-electron chi connectivity index (χ4n) is 1.85. The molecule has 0 spiro atoms. The molecular weight excluding hydrogens is 282 g/mol. The summed E-state index contributed by atoms with van der Waals surface area (Å²) in [6.45, 7) is 7.22. The zero-order valence-electron chi connectivity index (χ0n) is 10.6. The molecule has 5 heteroatoms. The van der Waals surface area contributed by atoms with Crippen LogP contribution in [0.3, 0.4) is 0 Å². The van der Waals surface area contributed by atoms with Gasteiger partial charge in [0.2, 0.25) is 0 Å². The second-order valence-corrected chi connectivity index (χ2v) is 5.37. The summed E-state index contributed by atoms with van der Waals surface area (Å²) in [4.78, 5) is 12.4. The number of aryl methyl sites for hydroxylation is 1. The van der Waals surface area contributed by atoms with Gasteiger partial charge in [-0.05, 0) is 28.3 Å². The molecule has 0 saturated heterocycles. The smallest absolute Gasteiger partial charge is 0.186 e. The van der Waals surface area contributed by atoms with Crippen LogP contribution in [0.1, 0.15) is 37.7 Å². The van der Waals surface area contributed by atoms with Crippen LogP contribution in [-0.2, 0) is 6.54 Å². The van der Waals surface area contributed by atoms with Gasteiger partial charge in [-0.3, -0.25) is 9.48 Å². The molecule has 1 atom stereocenters. The first-order chi connectivity index (χ1) is 8.02. The molecule has 0 aliphatic heterocycles. The quantitative estimate of drug-likeness (QED) is 0.821. The van der Waals surface area contributed by atoms with E-state index in [0.29, 0.717) is 12.2 Å². The van der Waals surface area contributed by atoms with Gasteiger partial charge in [0, 0.05) is 19.0 Å². The van der Waals surface area contributed by atoms with Gasteiger partial charge in [0.05, 0.1) is 10.7 Å². The van der Waals surface area contributed by atoms with Crippen LogP contribution < -0.4 is 5.73 Å². The molecule has 0 bridgehead atoms. The van der Waals surface area contributed by atoms with Gasteiger partial charge in [-0.1, -0.05) is 20.8 Å². The maximum atomic E-state index is 12.4. The van der Waals surface area contributed by atoms with E-state index >= 15 is 0 Å². The molecule has 4 nitrogen and oxygen atoms in total. The lowest BCUT2D eigenvalue weighted by molar-refractivity contribution is 0.0879. The zero-order chi connectivity index (χ0) is 13.0. The molecule has 17 heavy (non-hydrogen) atoms. The second kappa shape index (κ2) is 6.31. The fourth-order valence-corrected chi connectivity index (χ4v) is 2.34. The lowest BCUT2D eigenvalue weighted by atomic mass is 9.90. The van der Waals surface area contributed by atoms with E-state index in [1.165, 1.54) is 0 Å². The SMILES string of the molecule is CCCn1ncc(Br)c1C(=O)C(CN)C(C)C. The predicted octanol–water partition coefficient (Wildman–Crippen LogP) is 2.47. The van der Waals surface area contributed by atoms with E-state index in [1.54, 1.807) is 10.9 Å². The number of carbonyl (C=O) groups excluding carboxylic acids is 1. The van der Waals surface area contributed by atoms with Gasteiger partial charge < -0.3 is 5.73 Å². The molecule has 0 aliphatic rings. The average Bonchev–Trinajstić information content (AvgIpc) is 2.60. The Labute approximate surface area is 111 Å². The normalized spacial score (nSPS) is 13.1. The minimum absolute atomic E-state index is 0.0836. The number of Topliss-reactive ketones (excluding diaryl/α,β-unsaturated/α-hetero) is 1. The van der Waals surface area contributed by atoms with Gasteiger partial charge in [0.1, 0.15) is 5.69 Å². The average molecular weight is 302 g/mol. The molecule has 96 valence electrons. The van der Waals surface area contributed by atoms with Crippen molar-refractivity contribution in [1.82, 2.24) is 9.78 Å². The van der Waals surface area contributed by atoms with Crippen molar-refractivity contribution < 1.29 is 4.79 Å². The van der Waals surface area contributed by atoms with Crippen molar-refractivity contribution >= 4 is 21.7 Å². The predicted molar refractivity (Wildman–Crippen MR) is 71.9 cm³/mol. The summed E-state index contributed by atoms with van der Waals surface area (Å²) in [6, 6.07) is 0. The molecule has 1 aromatic heterocycles. The van der Waals surface area contributed by atoms with Gasteiger partial charge in [-0.2, -0.15) is 5.10 Å². The highest BCUT2D eigenvalue weighted by molar-refractivity contribution is 9.10. The molecule has 2 N–H and O–H groups in total. The molecule has 1 heterocycles. The summed E-state index contributed by atoms with van der Waals surface area (Å²) in [5.41, 5.74) is 6.34. The molecule has 0 aromatic carbocycles. The van der Waals surface area contributed by atoms with Crippen LogP contribution in [0.2, 0.25) is 0 Å². The van der Waals surface area contributed by atoms with Crippen LogP contribution in [0.4, 0.5) is 0 Å². The Kier molecular flexibility index (Phi) is 5.33. The van der Waals surface area contributed by atoms with Crippen LogP contribution >= 0.6 is 15.9 Å². The monoisotopic (exact) mass is 301 g/mol. The number of nitrogens with zero attached hydrogens (tertiary/aromatic N) is 2. The highest BCUT2D eigenvalue weighted by atomic mass is 79.9. The highest BCUT2D eigenvalue weighted by Gasteiger charge is 2.26. The molecule has 0 aliphatic carbocycles. The summed E-state index contributed by atoms with van der Waals surface area (Å²) >= 11 is 3.39. The summed E-state index contributed by atoms with van der Waals surface area (Å²) in [5.74, 6) is 0.184. The Bertz CT molecular complexity index is 387. The van der Waals surface area contributed by atoms with Crippen LogP contribution in [0, 0.1) is 11.8 Å². The van der Waals surface area contributed by atoms with E-state index in [2.05, 4.69) is 28.0 Å². The van der Waals surface area contributed by atoms with E-state index in [9.17, 15) is 4.79 Å². The highest BCUT2D eigenvalue weighted by Crippen LogP contribution is 2.23. The van der Waals surface area contributed by atoms with Crippen LogP contribution in [0.15, 0.2) is 10.7 Å². The van der Waals surface area contributed by atoms with Gasteiger partial charge in [0.25, 0.3) is 0 Å². The van der Waals surface area contributed by atoms with Crippen molar-refractivity contribution in [2.75, 3.05) is 6.54 Å². The molecule has 0 amide bonds. The molecule has 0 fully saturated rings. The molecule has 1 unspecified atom stereocenters. The summed E-state index contributed by atoms with van der Waals surface area (Å²) < 4.78 is 2.52. The number of aromatic nitrogens is 2. The first-order valence-electron chi connectivity index (χ1n) is 5.98. The van der Waals surface area contributed by atoms with E-state index in [1.807, 2.05) is 13.8 Å². The number of carbonyl (C=O) groups is 1. The third-order valence-electron chi connectivity index (χ3n) is 2.86. The number of hydrogen-bond acceptors (Lipinski definition) is 3. The minimum Gasteiger partial charge on any atom is -0.330 e. The number of halogens is 1. The zero-order valence-corrected chi connectivity index (χ0v) is 12.2. The Morgan fingerprint density at radius 3 is 2.71 bits per heavy atom. The molecule has 1 rings (SSSR count). The fraction of sp³-hybridized carbons (Fsp3) is 0.667. The van der Waals surface area contributed by atoms with Gasteiger partial charge in [-0.25, -0.2) is 0 Å². The summed E-state index contributed by atoms with van der Waals surface area (Å²) in [6.07, 6.45) is 2.63. The van der Waals surface area contributed by atoms with E-state index in [0.717, 1.165) is 17.4 Å². The summed E-state index contributed by atoms with van der Waals surface area (Å²) in [7, 11) is 0. The standard InChI is InChI=1S/C12H20BrN3O/c1-4-5-16-11(10(13)7-15-16)12(17)9(6-14)8(2)3/h7-9H,4-6,14H2,1-3H3. The van der Waals surface area contributed by atoms with Crippen molar-refractivity contribution in [3.8, 4) is 0 Å². The third kappa shape index (κ3) is 3.16. The summed E-state index contributed by atoms with van der Waals surface area (Å²) in [5, 5.41) is 4.21. The number of ketones is 1. The number of nitrogens with two attached hydrogens (primary N) is 1. The van der Waals surface area contributed by atoms with Crippen LogP contribution in [0.5, 0.6) is 0 Å². The topological polar surface area (TPSA) is 60.9 Å². The molecule has 0 saturated carbocycles. The Balaban J connectivity index is 3.05. The van der Waals surface area contributed by atoms with E-state index < -0.39 is 0 Å². The van der Waals surface area contributed by atoms with Crippen molar-refractivity contribution in [2.24, 2.45) is 17.6 Å². The minimum atomic E-state index is -0.140. The molecular formula is C12H20BrN3O. The Morgan fingerprint density at radius 1 is 1.59 bits per heavy atom. The van der Waals surface area contributed by atoms with Gasteiger partial charge in [-0.15, -0.1) is 0 Å². The molecule has 0 radical (unpaired) electrons. The lowest BCUT2D eigenvalue weighted by Gasteiger charge is -2.18. The van der Waals surface area contributed by atoms with Crippen molar-refractivity contribution in [1.29, 1.82) is 0 Å².